The van der Waals surface area contributed by atoms with E-state index in [0.29, 0.717) is 5.41 Å². The smallest absolute Gasteiger partial charge is 0.323 e. The molecule has 0 atom stereocenters. The minimum absolute atomic E-state index is 0.165. The van der Waals surface area contributed by atoms with Crippen molar-refractivity contribution in [2.45, 2.75) is 45.6 Å². The molecule has 1 saturated carbocycles. The molecule has 0 saturated heterocycles. The average molecular weight is 227 g/mol. The van der Waals surface area contributed by atoms with Crippen LogP contribution in [0.5, 0.6) is 0 Å². The quantitative estimate of drug-likeness (QED) is 0.295. The monoisotopic (exact) mass is 227 g/mol. The van der Waals surface area contributed by atoms with E-state index in [2.05, 4.69) is 13.8 Å². The van der Waals surface area contributed by atoms with Gasteiger partial charge in [0.2, 0.25) is 0 Å². The number of nitrogens with zero attached hydrogens (tertiary/aromatic N) is 1. The molecular formula is C11H21N3O2. The van der Waals surface area contributed by atoms with Crippen LogP contribution in [-0.2, 0) is 9.59 Å². The Morgan fingerprint density at radius 3 is 2.25 bits per heavy atom. The molecule has 0 aromatic carbocycles. The van der Waals surface area contributed by atoms with Gasteiger partial charge in [-0.05, 0) is 31.1 Å². The van der Waals surface area contributed by atoms with Crippen molar-refractivity contribution in [3.05, 3.63) is 0 Å². The van der Waals surface area contributed by atoms with Gasteiger partial charge in [-0.15, -0.1) is 0 Å². The largest absolute Gasteiger partial charge is 0.334 e. The maximum atomic E-state index is 11.6. The molecule has 0 spiro atoms. The van der Waals surface area contributed by atoms with Gasteiger partial charge < -0.3 is 4.90 Å². The van der Waals surface area contributed by atoms with Crippen molar-refractivity contribution < 1.29 is 9.59 Å². The van der Waals surface area contributed by atoms with Gasteiger partial charge in [0.15, 0.2) is 0 Å². The van der Waals surface area contributed by atoms with Gasteiger partial charge in [-0.3, -0.25) is 15.0 Å². The zero-order valence-corrected chi connectivity index (χ0v) is 10.2. The van der Waals surface area contributed by atoms with Crippen molar-refractivity contribution in [2.24, 2.45) is 11.3 Å². The zero-order valence-electron chi connectivity index (χ0n) is 10.2. The van der Waals surface area contributed by atoms with Crippen molar-refractivity contribution in [3.8, 4) is 0 Å². The lowest BCUT2D eigenvalue weighted by molar-refractivity contribution is -0.147. The molecule has 92 valence electrons. The Morgan fingerprint density at radius 2 is 1.81 bits per heavy atom. The van der Waals surface area contributed by atoms with Crippen LogP contribution in [0.4, 0.5) is 0 Å². The van der Waals surface area contributed by atoms with Crippen LogP contribution >= 0.6 is 0 Å². The molecule has 0 heterocycles. The highest BCUT2D eigenvalue weighted by Gasteiger charge is 2.32. The van der Waals surface area contributed by atoms with Crippen LogP contribution in [0.3, 0.4) is 0 Å². The lowest BCUT2D eigenvalue weighted by atomic mass is 9.75. The molecule has 1 fully saturated rings. The van der Waals surface area contributed by atoms with Crippen LogP contribution in [0.15, 0.2) is 0 Å². The Hall–Kier alpha value is -1.10. The van der Waals surface area contributed by atoms with Crippen LogP contribution in [-0.4, -0.2) is 29.8 Å². The second-order valence-electron chi connectivity index (χ2n) is 5.28. The summed E-state index contributed by atoms with van der Waals surface area (Å²) in [5.74, 6) is 3.64. The zero-order chi connectivity index (χ0) is 12.3. The summed E-state index contributed by atoms with van der Waals surface area (Å²) in [7, 11) is 1.67. The van der Waals surface area contributed by atoms with Gasteiger partial charge in [0.25, 0.3) is 0 Å². The molecule has 0 aromatic rings. The van der Waals surface area contributed by atoms with Gasteiger partial charge in [-0.25, -0.2) is 5.84 Å². The third-order valence-corrected chi connectivity index (χ3v) is 3.50. The molecule has 3 N–H and O–H groups in total. The van der Waals surface area contributed by atoms with Crippen molar-refractivity contribution >= 4 is 11.8 Å². The fourth-order valence-electron chi connectivity index (χ4n) is 2.16. The van der Waals surface area contributed by atoms with E-state index in [1.54, 1.807) is 7.05 Å². The first kappa shape index (κ1) is 13.0. The molecule has 0 bridgehead atoms. The predicted molar refractivity (Wildman–Crippen MR) is 61.1 cm³/mol. The van der Waals surface area contributed by atoms with Crippen LogP contribution in [0.2, 0.25) is 0 Å². The fourth-order valence-corrected chi connectivity index (χ4v) is 2.16. The molecular weight excluding hydrogens is 206 g/mol. The van der Waals surface area contributed by atoms with E-state index < -0.39 is 11.8 Å². The van der Waals surface area contributed by atoms with Crippen molar-refractivity contribution in [1.29, 1.82) is 0 Å². The van der Waals surface area contributed by atoms with E-state index in [0.717, 1.165) is 25.7 Å². The second-order valence-corrected chi connectivity index (χ2v) is 5.28. The minimum atomic E-state index is -0.743. The van der Waals surface area contributed by atoms with Crippen LogP contribution < -0.4 is 11.3 Å². The summed E-state index contributed by atoms with van der Waals surface area (Å²) in [6.07, 6.45) is 4.07. The van der Waals surface area contributed by atoms with Gasteiger partial charge in [-0.2, -0.15) is 0 Å². The number of hydrogen-bond donors (Lipinski definition) is 2. The van der Waals surface area contributed by atoms with Crippen LogP contribution in [0, 0.1) is 5.41 Å². The molecule has 0 aromatic heterocycles. The third-order valence-electron chi connectivity index (χ3n) is 3.50. The van der Waals surface area contributed by atoms with Crippen LogP contribution in [0.1, 0.15) is 39.5 Å². The highest BCUT2D eigenvalue weighted by atomic mass is 16.2. The van der Waals surface area contributed by atoms with Crippen molar-refractivity contribution in [3.63, 3.8) is 0 Å². The van der Waals surface area contributed by atoms with E-state index in [4.69, 9.17) is 5.84 Å². The van der Waals surface area contributed by atoms with Gasteiger partial charge in [0.1, 0.15) is 0 Å². The number of nitrogens with two attached hydrogens (primary N) is 1. The fraction of sp³-hybridized carbons (Fsp3) is 0.818. The van der Waals surface area contributed by atoms with E-state index in [1.165, 1.54) is 4.90 Å². The Bertz CT molecular complexity index is 279. The number of amides is 2. The number of carbonyl (C=O) groups is 2. The average Bonchev–Trinajstić information content (AvgIpc) is 2.26. The minimum Gasteiger partial charge on any atom is -0.334 e. The molecule has 5 nitrogen and oxygen atoms in total. The summed E-state index contributed by atoms with van der Waals surface area (Å²) in [6.45, 7) is 4.47. The molecule has 0 aliphatic heterocycles. The Morgan fingerprint density at radius 1 is 1.31 bits per heavy atom. The highest BCUT2D eigenvalue weighted by molar-refractivity contribution is 6.34. The summed E-state index contributed by atoms with van der Waals surface area (Å²) in [5.41, 5.74) is 2.23. The lowest BCUT2D eigenvalue weighted by Gasteiger charge is -2.38. The van der Waals surface area contributed by atoms with E-state index in [9.17, 15) is 9.59 Å². The molecule has 1 rings (SSSR count). The Labute approximate surface area is 96.3 Å². The standard InChI is InChI=1S/C11H21N3O2/c1-11(2)6-4-8(5-7-11)14(3)10(16)9(15)13-12/h8H,4-7,12H2,1-3H3,(H,13,15). The van der Waals surface area contributed by atoms with Crippen molar-refractivity contribution in [2.75, 3.05) is 7.05 Å². The summed E-state index contributed by atoms with van der Waals surface area (Å²) in [6, 6.07) is 0.165. The first-order chi connectivity index (χ1) is 7.37. The predicted octanol–water partition coefficient (Wildman–Crippen LogP) is 0.403. The summed E-state index contributed by atoms with van der Waals surface area (Å²) in [4.78, 5) is 24.2. The molecule has 1 aliphatic carbocycles. The normalized spacial score (nSPS) is 20.2. The number of hydrazine groups is 1. The van der Waals surface area contributed by atoms with Gasteiger partial charge in [-0.1, -0.05) is 13.8 Å². The Kier molecular flexibility index (Phi) is 3.91. The van der Waals surface area contributed by atoms with E-state index >= 15 is 0 Å². The number of hydrogen-bond acceptors (Lipinski definition) is 3. The molecule has 0 unspecified atom stereocenters. The maximum absolute atomic E-state index is 11.6. The molecule has 1 aliphatic rings. The first-order valence-corrected chi connectivity index (χ1v) is 5.65. The lowest BCUT2D eigenvalue weighted by Crippen LogP contribution is -2.49. The summed E-state index contributed by atoms with van der Waals surface area (Å²) < 4.78 is 0. The van der Waals surface area contributed by atoms with Crippen molar-refractivity contribution in [1.82, 2.24) is 10.3 Å². The first-order valence-electron chi connectivity index (χ1n) is 5.65. The maximum Gasteiger partial charge on any atom is 0.323 e. The second kappa shape index (κ2) is 4.82. The van der Waals surface area contributed by atoms with Crippen LogP contribution in [0.25, 0.3) is 0 Å². The number of likely N-dealkylation sites (N-methyl/N-ethyl adjacent to an activating group) is 1. The van der Waals surface area contributed by atoms with Gasteiger partial charge in [0.05, 0.1) is 0 Å². The van der Waals surface area contributed by atoms with E-state index in [-0.39, 0.29) is 6.04 Å². The third kappa shape index (κ3) is 2.95. The number of carbonyl (C=O) groups excluding carboxylic acids is 2. The molecule has 5 heteroatoms. The molecule has 16 heavy (non-hydrogen) atoms. The van der Waals surface area contributed by atoms with E-state index in [1.807, 2.05) is 5.43 Å². The number of nitrogens with one attached hydrogen (secondary N) is 1. The topological polar surface area (TPSA) is 75.4 Å². The van der Waals surface area contributed by atoms with Gasteiger partial charge >= 0.3 is 11.8 Å². The molecule has 0 radical (unpaired) electrons. The summed E-state index contributed by atoms with van der Waals surface area (Å²) >= 11 is 0. The van der Waals surface area contributed by atoms with Gasteiger partial charge in [0, 0.05) is 13.1 Å². The molecule has 2 amide bonds. The Balaban J connectivity index is 2.53. The highest BCUT2D eigenvalue weighted by Crippen LogP contribution is 2.36. The summed E-state index contributed by atoms with van der Waals surface area (Å²) in [5, 5.41) is 0. The SMILES string of the molecule is CN(C(=O)C(=O)NN)C1CCC(C)(C)CC1. The number of rotatable bonds is 1.